The molecule has 0 saturated heterocycles. The van der Waals surface area contributed by atoms with E-state index >= 15 is 0 Å². The number of sulfonamides is 1. The molecule has 1 aliphatic heterocycles. The number of pyridine rings is 1. The third-order valence-electron chi connectivity index (χ3n) is 7.79. The Kier molecular flexibility index (Phi) is 12.0. The van der Waals surface area contributed by atoms with Crippen LogP contribution in [0.25, 0.3) is 0 Å². The van der Waals surface area contributed by atoms with Crippen molar-refractivity contribution >= 4 is 38.9 Å². The number of likely N-dealkylation sites (N-methyl/N-ethyl adjacent to an activating group) is 1. The molecule has 1 aromatic carbocycles. The van der Waals surface area contributed by atoms with Crippen LogP contribution in [0.5, 0.6) is 5.75 Å². The van der Waals surface area contributed by atoms with Crippen LogP contribution < -0.4 is 9.46 Å². The lowest BCUT2D eigenvalue weighted by Gasteiger charge is -2.36. The van der Waals surface area contributed by atoms with Crippen LogP contribution in [0.2, 0.25) is 0 Å². The molecule has 11 nitrogen and oxygen atoms in total. The van der Waals surface area contributed by atoms with Crippen LogP contribution >= 0.6 is 11.3 Å². The molecule has 3 aromatic rings. The van der Waals surface area contributed by atoms with Gasteiger partial charge in [0.25, 0.3) is 21.8 Å². The van der Waals surface area contributed by atoms with Crippen molar-refractivity contribution in [2.24, 2.45) is 5.92 Å². The second-order valence-electron chi connectivity index (χ2n) is 11.5. The number of hydrogen-bond donors (Lipinski definition) is 2. The zero-order valence-corrected chi connectivity index (χ0v) is 27.7. The third-order valence-corrected chi connectivity index (χ3v) is 10.6. The van der Waals surface area contributed by atoms with E-state index in [2.05, 4.69) is 9.71 Å². The number of aliphatic hydroxyl groups is 1. The number of nitrogens with zero attached hydrogens (tertiary/aromatic N) is 3. The summed E-state index contributed by atoms with van der Waals surface area (Å²) in [7, 11) is -2.13. The van der Waals surface area contributed by atoms with Gasteiger partial charge >= 0.3 is 0 Å². The Hall–Kier alpha value is -3.52. The van der Waals surface area contributed by atoms with Gasteiger partial charge in [0.1, 0.15) is 9.96 Å². The number of aliphatic hydroxyl groups excluding tert-OH is 1. The van der Waals surface area contributed by atoms with Crippen LogP contribution in [0.15, 0.2) is 64.4 Å². The predicted molar refractivity (Wildman–Crippen MR) is 173 cm³/mol. The van der Waals surface area contributed by atoms with Crippen molar-refractivity contribution in [2.75, 3.05) is 38.1 Å². The molecule has 3 heterocycles. The first kappa shape index (κ1) is 34.4. The molecule has 0 saturated carbocycles. The molecule has 0 aliphatic carbocycles. The van der Waals surface area contributed by atoms with E-state index in [4.69, 9.17) is 9.47 Å². The summed E-state index contributed by atoms with van der Waals surface area (Å²) in [5, 5.41) is 11.8. The van der Waals surface area contributed by atoms with Crippen LogP contribution in [-0.2, 0) is 14.8 Å². The molecular weight excluding hydrogens is 617 g/mol. The summed E-state index contributed by atoms with van der Waals surface area (Å²) in [4.78, 5) is 34.6. The van der Waals surface area contributed by atoms with E-state index in [0.29, 0.717) is 30.9 Å². The molecule has 13 heteroatoms. The normalized spacial score (nSPS) is 20.8. The highest BCUT2D eigenvalue weighted by atomic mass is 32.2. The average molecular weight is 659 g/mol. The molecule has 0 bridgehead atoms. The van der Waals surface area contributed by atoms with Crippen molar-refractivity contribution in [3.8, 4) is 5.75 Å². The Bertz CT molecular complexity index is 1520. The topological polar surface area (TPSA) is 138 Å². The molecule has 244 valence electrons. The van der Waals surface area contributed by atoms with Gasteiger partial charge in [-0.3, -0.25) is 19.3 Å². The van der Waals surface area contributed by atoms with Gasteiger partial charge in [0, 0.05) is 56.3 Å². The first-order chi connectivity index (χ1) is 21.5. The van der Waals surface area contributed by atoms with Crippen molar-refractivity contribution in [2.45, 2.75) is 62.5 Å². The minimum atomic E-state index is -3.85. The van der Waals surface area contributed by atoms with E-state index in [1.165, 1.54) is 12.1 Å². The summed E-state index contributed by atoms with van der Waals surface area (Å²) in [6, 6.07) is 10.6. The Morgan fingerprint density at radius 1 is 1.20 bits per heavy atom. The van der Waals surface area contributed by atoms with Gasteiger partial charge in [-0.1, -0.05) is 13.0 Å². The lowest BCUT2D eigenvalue weighted by Crippen LogP contribution is -2.48. The minimum Gasteiger partial charge on any atom is -0.490 e. The Morgan fingerprint density at radius 3 is 2.64 bits per heavy atom. The smallest absolute Gasteiger partial charge is 0.271 e. The summed E-state index contributed by atoms with van der Waals surface area (Å²) in [6.07, 6.45) is 4.83. The molecule has 45 heavy (non-hydrogen) atoms. The molecule has 2 amide bonds. The number of aromatic nitrogens is 1. The van der Waals surface area contributed by atoms with Gasteiger partial charge in [-0.15, -0.1) is 11.3 Å². The van der Waals surface area contributed by atoms with Crippen LogP contribution in [0.1, 0.15) is 60.7 Å². The number of anilines is 1. The highest BCUT2D eigenvalue weighted by Crippen LogP contribution is 2.30. The second-order valence-corrected chi connectivity index (χ2v) is 14.3. The molecule has 0 radical (unpaired) electrons. The predicted octanol–water partition coefficient (Wildman–Crippen LogP) is 4.51. The lowest BCUT2D eigenvalue weighted by atomic mass is 10.0. The fourth-order valence-corrected chi connectivity index (χ4v) is 7.18. The van der Waals surface area contributed by atoms with Crippen molar-refractivity contribution in [3.05, 3.63) is 71.4 Å². The quantitative estimate of drug-likeness (QED) is 0.361. The third kappa shape index (κ3) is 9.03. The van der Waals surface area contributed by atoms with Gasteiger partial charge in [-0.2, -0.15) is 0 Å². The van der Waals surface area contributed by atoms with Crippen LogP contribution in [-0.4, -0.2) is 91.7 Å². The maximum atomic E-state index is 14.3. The number of thiophene rings is 1. The average Bonchev–Trinajstić information content (AvgIpc) is 3.59. The van der Waals surface area contributed by atoms with Gasteiger partial charge < -0.3 is 24.4 Å². The summed E-state index contributed by atoms with van der Waals surface area (Å²) >= 11 is 1.09. The number of carbonyl (C=O) groups is 2. The number of hydrogen-bond acceptors (Lipinski definition) is 9. The van der Waals surface area contributed by atoms with E-state index in [0.717, 1.165) is 24.2 Å². The molecule has 4 rings (SSSR count). The summed E-state index contributed by atoms with van der Waals surface area (Å²) in [5.74, 6) is -0.481. The van der Waals surface area contributed by atoms with Crippen LogP contribution in [0, 0.1) is 5.92 Å². The minimum absolute atomic E-state index is 0.154. The summed E-state index contributed by atoms with van der Waals surface area (Å²) in [6.45, 7) is 6.32. The lowest BCUT2D eigenvalue weighted by molar-refractivity contribution is -0.0149. The van der Waals surface area contributed by atoms with Gasteiger partial charge in [-0.25, -0.2) is 8.42 Å². The van der Waals surface area contributed by atoms with Crippen LogP contribution in [0.3, 0.4) is 0 Å². The number of benzene rings is 1. The standard InChI is InChI=1S/C32H42N4O7S2/c1-22-19-36(23(2)21-37)32(39)27-18-26(34-45(40,41)30-9-7-17-44-30)10-11-28(27)43-24(3)8-5-6-16-42-29(22)20-35(4)31(38)25-12-14-33-15-13-25/h7,9-15,17-18,22-24,29,34,37H,5-6,8,16,19-21H2,1-4H3/t22-,23-,24+,29-/m1/s1. The van der Waals surface area contributed by atoms with Gasteiger partial charge in [-0.05, 0) is 74.9 Å². The number of rotatable bonds is 8. The molecule has 0 spiro atoms. The maximum absolute atomic E-state index is 14.3. The Morgan fingerprint density at radius 2 is 1.96 bits per heavy atom. The highest BCUT2D eigenvalue weighted by molar-refractivity contribution is 7.94. The number of ether oxygens (including phenoxy) is 2. The second kappa shape index (κ2) is 15.7. The van der Waals surface area contributed by atoms with Crippen molar-refractivity contribution in [3.63, 3.8) is 0 Å². The molecule has 0 unspecified atom stereocenters. The first-order valence-corrected chi connectivity index (χ1v) is 17.4. The van der Waals surface area contributed by atoms with E-state index in [-0.39, 0.29) is 46.5 Å². The fraction of sp³-hybridized carbons (Fsp3) is 0.469. The van der Waals surface area contributed by atoms with E-state index in [1.54, 1.807) is 71.9 Å². The van der Waals surface area contributed by atoms with Gasteiger partial charge in [0.15, 0.2) is 0 Å². The highest BCUT2D eigenvalue weighted by Gasteiger charge is 2.31. The molecule has 0 fully saturated rings. The van der Waals surface area contributed by atoms with Crippen molar-refractivity contribution in [1.82, 2.24) is 14.8 Å². The zero-order chi connectivity index (χ0) is 32.6. The molecule has 1 aliphatic rings. The summed E-state index contributed by atoms with van der Waals surface area (Å²) in [5.41, 5.74) is 0.915. The fourth-order valence-electron chi connectivity index (χ4n) is 5.14. The van der Waals surface area contributed by atoms with E-state index in [9.17, 15) is 23.1 Å². The molecule has 4 atom stereocenters. The Labute approximate surface area is 269 Å². The number of amides is 2. The monoisotopic (exact) mass is 658 g/mol. The van der Waals surface area contributed by atoms with Gasteiger partial charge in [0.05, 0.1) is 30.4 Å². The zero-order valence-electron chi connectivity index (χ0n) is 26.1. The number of carbonyl (C=O) groups excluding carboxylic acids is 2. The van der Waals surface area contributed by atoms with Gasteiger partial charge in [0.2, 0.25) is 0 Å². The van der Waals surface area contributed by atoms with E-state index < -0.39 is 28.1 Å². The largest absolute Gasteiger partial charge is 0.490 e. The summed E-state index contributed by atoms with van der Waals surface area (Å²) < 4.78 is 41.2. The molecule has 2 aromatic heterocycles. The van der Waals surface area contributed by atoms with E-state index in [1.807, 2.05) is 13.8 Å². The van der Waals surface area contributed by atoms with Crippen molar-refractivity contribution in [1.29, 1.82) is 0 Å². The number of fused-ring (bicyclic) bond motifs is 1. The SMILES string of the molecule is C[C@@H]1CN([C@H](C)CO)C(=O)c2cc(NS(=O)(=O)c3cccs3)ccc2O[C@@H](C)CCCCO[C@@H]1CN(C)C(=O)c1ccncc1. The number of nitrogens with one attached hydrogen (secondary N) is 1. The molecule has 2 N–H and O–H groups in total. The Balaban J connectivity index is 1.65. The maximum Gasteiger partial charge on any atom is 0.271 e. The molecular formula is C32H42N4O7S2. The first-order valence-electron chi connectivity index (χ1n) is 15.1. The van der Waals surface area contributed by atoms with Crippen LogP contribution in [0.4, 0.5) is 5.69 Å². The van der Waals surface area contributed by atoms with Crippen molar-refractivity contribution < 1.29 is 32.6 Å².